The molecule has 0 amide bonds. The Labute approximate surface area is 167 Å². The molecule has 2 N–H and O–H groups in total. The third-order valence-electron chi connectivity index (χ3n) is 4.77. The highest BCUT2D eigenvalue weighted by Gasteiger charge is 2.50. The van der Waals surface area contributed by atoms with Crippen LogP contribution in [0.5, 0.6) is 0 Å². The largest absolute Gasteiger partial charge is 0.511 e. The molecule has 1 saturated heterocycles. The van der Waals surface area contributed by atoms with Crippen molar-refractivity contribution in [2.24, 2.45) is 16.3 Å². The first kappa shape index (κ1) is 25.0. The van der Waals surface area contributed by atoms with Crippen LogP contribution >= 0.6 is 0 Å². The summed E-state index contributed by atoms with van der Waals surface area (Å²) in [5.41, 5.74) is -4.97. The van der Waals surface area contributed by atoms with Gasteiger partial charge in [0, 0.05) is 32.2 Å². The molecule has 1 atom stereocenters. The summed E-state index contributed by atoms with van der Waals surface area (Å²) in [6, 6.07) is 0.246. The van der Waals surface area contributed by atoms with Crippen molar-refractivity contribution in [3.05, 3.63) is 0 Å². The van der Waals surface area contributed by atoms with Crippen LogP contribution in [-0.2, 0) is 10.0 Å². The van der Waals surface area contributed by atoms with Gasteiger partial charge in [0.1, 0.15) is 0 Å². The Morgan fingerprint density at radius 2 is 1.79 bits per heavy atom. The molecule has 0 aromatic carbocycles. The molecule has 0 aromatic rings. The molecule has 0 spiro atoms. The Kier molecular flexibility index (Phi) is 9.05. The van der Waals surface area contributed by atoms with Crippen molar-refractivity contribution >= 4 is 16.0 Å². The van der Waals surface area contributed by atoms with Crippen LogP contribution in [0.15, 0.2) is 4.99 Å². The normalized spacial score (nSPS) is 19.5. The monoisotopic (exact) mass is 428 g/mol. The molecule has 0 aromatic heterocycles. The summed E-state index contributed by atoms with van der Waals surface area (Å²) in [7, 11) is -5.22. The van der Waals surface area contributed by atoms with Crippen molar-refractivity contribution in [3.63, 3.8) is 0 Å². The molecule has 1 unspecified atom stereocenters. The first-order valence-corrected chi connectivity index (χ1v) is 11.3. The second-order valence-electron chi connectivity index (χ2n) is 8.66. The van der Waals surface area contributed by atoms with Gasteiger partial charge in [-0.05, 0) is 50.9 Å². The summed E-state index contributed by atoms with van der Waals surface area (Å²) in [4.78, 5) is 4.56. The summed E-state index contributed by atoms with van der Waals surface area (Å²) in [5.74, 6) is 0.759. The average molecular weight is 429 g/mol. The molecule has 1 rings (SSSR count). The highest BCUT2D eigenvalue weighted by molar-refractivity contribution is 7.90. The Bertz CT molecular complexity index is 607. The van der Waals surface area contributed by atoms with Crippen molar-refractivity contribution in [2.75, 3.05) is 26.2 Å². The molecule has 1 heterocycles. The zero-order valence-corrected chi connectivity index (χ0v) is 18.4. The minimum atomic E-state index is -5.23. The van der Waals surface area contributed by atoms with Crippen molar-refractivity contribution in [2.45, 2.75) is 71.9 Å². The van der Waals surface area contributed by atoms with Crippen LogP contribution in [0.25, 0.3) is 0 Å². The lowest BCUT2D eigenvalue weighted by molar-refractivity contribution is -0.0496. The maximum absolute atomic E-state index is 12.6. The molecule has 0 radical (unpaired) electrons. The Balaban J connectivity index is 2.56. The van der Waals surface area contributed by atoms with E-state index in [2.05, 4.69) is 43.3 Å². The molecule has 28 heavy (non-hydrogen) atoms. The molecule has 0 aliphatic carbocycles. The minimum absolute atomic E-state index is 0.0695. The fourth-order valence-electron chi connectivity index (χ4n) is 2.97. The number of hydrogen-bond donors (Lipinski definition) is 2. The Morgan fingerprint density at radius 3 is 2.25 bits per heavy atom. The quantitative estimate of drug-likeness (QED) is 0.482. The Morgan fingerprint density at radius 1 is 1.21 bits per heavy atom. The van der Waals surface area contributed by atoms with Crippen LogP contribution in [0.2, 0.25) is 0 Å². The molecular weight excluding hydrogens is 393 g/mol. The molecule has 0 bridgehead atoms. The second-order valence-corrected chi connectivity index (χ2v) is 10.6. The number of aliphatic imine (C=N–C) groups is 1. The lowest BCUT2D eigenvalue weighted by Crippen LogP contribution is -2.45. The number of sulfonamides is 1. The highest BCUT2D eigenvalue weighted by Crippen LogP contribution is 2.30. The summed E-state index contributed by atoms with van der Waals surface area (Å²) < 4.78 is 61.4. The molecule has 6 nitrogen and oxygen atoms in total. The van der Waals surface area contributed by atoms with E-state index in [4.69, 9.17) is 0 Å². The second kappa shape index (κ2) is 10.1. The molecule has 10 heteroatoms. The lowest BCUT2D eigenvalue weighted by Gasteiger charge is -2.31. The fourth-order valence-corrected chi connectivity index (χ4v) is 3.96. The number of piperidine rings is 1. The molecule has 166 valence electrons. The predicted molar refractivity (Wildman–Crippen MR) is 107 cm³/mol. The molecular formula is C18H35F3N4O2S. The fraction of sp³-hybridized carbons (Fsp3) is 0.944. The number of nitrogens with zero attached hydrogens (tertiary/aromatic N) is 2. The van der Waals surface area contributed by atoms with Gasteiger partial charge in [0.2, 0.25) is 0 Å². The average Bonchev–Trinajstić information content (AvgIpc) is 2.57. The van der Waals surface area contributed by atoms with Gasteiger partial charge in [-0.2, -0.15) is 17.5 Å². The van der Waals surface area contributed by atoms with E-state index in [-0.39, 0.29) is 30.5 Å². The number of alkyl halides is 3. The number of nitrogens with one attached hydrogen (secondary N) is 2. The molecule has 1 aliphatic heterocycles. The number of hydrogen-bond acceptors (Lipinski definition) is 3. The van der Waals surface area contributed by atoms with E-state index < -0.39 is 15.5 Å². The first-order valence-electron chi connectivity index (χ1n) is 9.87. The van der Waals surface area contributed by atoms with Gasteiger partial charge in [0.25, 0.3) is 0 Å². The number of rotatable bonds is 7. The minimum Gasteiger partial charge on any atom is -0.357 e. The van der Waals surface area contributed by atoms with E-state index in [9.17, 15) is 21.6 Å². The third kappa shape index (κ3) is 8.14. The van der Waals surface area contributed by atoms with E-state index in [1.165, 1.54) is 0 Å². The van der Waals surface area contributed by atoms with Crippen LogP contribution in [0.3, 0.4) is 0 Å². The van der Waals surface area contributed by atoms with Crippen LogP contribution < -0.4 is 10.6 Å². The van der Waals surface area contributed by atoms with Crippen molar-refractivity contribution < 1.29 is 21.6 Å². The molecule has 1 aliphatic rings. The van der Waals surface area contributed by atoms with E-state index in [0.29, 0.717) is 36.2 Å². The van der Waals surface area contributed by atoms with E-state index in [1.807, 2.05) is 6.92 Å². The maximum atomic E-state index is 12.6. The summed E-state index contributed by atoms with van der Waals surface area (Å²) in [6.07, 6.45) is 2.82. The van der Waals surface area contributed by atoms with Crippen molar-refractivity contribution in [3.8, 4) is 0 Å². The number of halogens is 3. The van der Waals surface area contributed by atoms with Crippen molar-refractivity contribution in [1.29, 1.82) is 0 Å². The Hall–Kier alpha value is -1.03. The SMILES string of the molecule is CCNC(=NCC1CCN(S(=O)(=O)C(F)(F)F)CC1)NC(C)CCC(C)(C)C. The highest BCUT2D eigenvalue weighted by atomic mass is 32.2. The smallest absolute Gasteiger partial charge is 0.357 e. The summed E-state index contributed by atoms with van der Waals surface area (Å²) in [5, 5.41) is 6.55. The number of guanidine groups is 1. The van der Waals surface area contributed by atoms with Gasteiger partial charge in [0.05, 0.1) is 0 Å². The standard InChI is InChI=1S/C18H35F3N4O2S/c1-6-22-16(24-14(2)7-10-17(3,4)5)23-13-15-8-11-25(12-9-15)28(26,27)18(19,20)21/h14-15H,6-13H2,1-5H3,(H2,22,23,24). The van der Waals surface area contributed by atoms with Crippen LogP contribution in [-0.4, -0.2) is 56.4 Å². The van der Waals surface area contributed by atoms with Crippen LogP contribution in [0.4, 0.5) is 13.2 Å². The van der Waals surface area contributed by atoms with Gasteiger partial charge in [-0.1, -0.05) is 20.8 Å². The van der Waals surface area contributed by atoms with Gasteiger partial charge in [-0.3, -0.25) is 4.99 Å². The topological polar surface area (TPSA) is 73.8 Å². The van der Waals surface area contributed by atoms with Gasteiger partial charge in [-0.25, -0.2) is 8.42 Å². The lowest BCUT2D eigenvalue weighted by atomic mass is 9.89. The zero-order chi connectivity index (χ0) is 21.6. The summed E-state index contributed by atoms with van der Waals surface area (Å²) >= 11 is 0. The van der Waals surface area contributed by atoms with E-state index >= 15 is 0 Å². The van der Waals surface area contributed by atoms with Crippen molar-refractivity contribution in [1.82, 2.24) is 14.9 Å². The first-order chi connectivity index (χ1) is 12.8. The van der Waals surface area contributed by atoms with Gasteiger partial charge < -0.3 is 10.6 Å². The molecule has 0 saturated carbocycles. The maximum Gasteiger partial charge on any atom is 0.511 e. The van der Waals surface area contributed by atoms with Gasteiger partial charge >= 0.3 is 15.5 Å². The summed E-state index contributed by atoms with van der Waals surface area (Å²) in [6.45, 7) is 11.6. The third-order valence-corrected chi connectivity index (χ3v) is 6.40. The van der Waals surface area contributed by atoms with Crippen LogP contribution in [0.1, 0.15) is 60.3 Å². The van der Waals surface area contributed by atoms with Crippen LogP contribution in [0, 0.1) is 11.3 Å². The van der Waals surface area contributed by atoms with Gasteiger partial charge in [0.15, 0.2) is 5.96 Å². The van der Waals surface area contributed by atoms with E-state index in [0.717, 1.165) is 12.8 Å². The molecule has 1 fully saturated rings. The van der Waals surface area contributed by atoms with Gasteiger partial charge in [-0.15, -0.1) is 0 Å². The van der Waals surface area contributed by atoms with E-state index in [1.54, 1.807) is 0 Å². The predicted octanol–water partition coefficient (Wildman–Crippen LogP) is 3.32. The zero-order valence-electron chi connectivity index (χ0n) is 17.6.